The molecule has 0 fully saturated rings. The van der Waals surface area contributed by atoms with Crippen molar-refractivity contribution in [1.82, 2.24) is 0 Å². The number of thiophene rings is 1. The van der Waals surface area contributed by atoms with E-state index in [-0.39, 0.29) is 6.61 Å². The molecule has 1 aromatic heterocycles. The van der Waals surface area contributed by atoms with E-state index in [4.69, 9.17) is 14.9 Å². The van der Waals surface area contributed by atoms with Crippen LogP contribution in [-0.2, 0) is 17.8 Å². The average Bonchev–Trinajstić information content (AvgIpc) is 2.92. The average molecular weight is 304 g/mol. The van der Waals surface area contributed by atoms with Crippen LogP contribution in [0.25, 0.3) is 6.08 Å². The van der Waals surface area contributed by atoms with E-state index < -0.39 is 5.97 Å². The maximum Gasteiger partial charge on any atom is 0.328 e. The van der Waals surface area contributed by atoms with Gasteiger partial charge in [-0.05, 0) is 47.2 Å². The van der Waals surface area contributed by atoms with Crippen LogP contribution in [0.3, 0.4) is 0 Å². The minimum absolute atomic E-state index is 0.134. The Labute approximate surface area is 126 Å². The lowest BCUT2D eigenvalue weighted by atomic mass is 10.1. The molecule has 1 aromatic carbocycles. The van der Waals surface area contributed by atoms with Gasteiger partial charge in [-0.1, -0.05) is 12.1 Å². The van der Waals surface area contributed by atoms with Crippen molar-refractivity contribution in [1.29, 1.82) is 0 Å². The van der Waals surface area contributed by atoms with E-state index in [2.05, 4.69) is 0 Å². The fraction of sp³-hybridized carbons (Fsp3) is 0.188. The van der Waals surface area contributed by atoms with E-state index in [1.807, 2.05) is 35.7 Å². The number of ether oxygens (including phenoxy) is 1. The molecule has 2 aromatic rings. The second-order valence-electron chi connectivity index (χ2n) is 4.38. The van der Waals surface area contributed by atoms with Crippen LogP contribution >= 0.6 is 11.3 Å². The minimum Gasteiger partial charge on any atom is -0.488 e. The molecule has 0 atom stereocenters. The summed E-state index contributed by atoms with van der Waals surface area (Å²) in [5.41, 5.74) is 1.92. The number of aliphatic hydroxyl groups excluding tert-OH is 1. The molecule has 0 bridgehead atoms. The summed E-state index contributed by atoms with van der Waals surface area (Å²) in [6.45, 7) is 0.533. The standard InChI is InChI=1S/C16H16O4S/c17-9-7-12-1-4-14(5-2-12)20-11-15-13(8-10-21-15)3-6-16(18)19/h1-6,8,10,17H,7,9,11H2,(H,18,19)/b6-3+. The van der Waals surface area contributed by atoms with Crippen LogP contribution in [0.5, 0.6) is 5.75 Å². The zero-order valence-corrected chi connectivity index (χ0v) is 12.2. The Morgan fingerprint density at radius 3 is 2.67 bits per heavy atom. The summed E-state index contributed by atoms with van der Waals surface area (Å²) in [6, 6.07) is 9.44. The number of aliphatic carboxylic acids is 1. The van der Waals surface area contributed by atoms with Crippen LogP contribution in [-0.4, -0.2) is 22.8 Å². The summed E-state index contributed by atoms with van der Waals surface area (Å²) in [4.78, 5) is 11.5. The number of aliphatic hydroxyl groups is 1. The van der Waals surface area contributed by atoms with Gasteiger partial charge in [-0.25, -0.2) is 4.79 Å². The SMILES string of the molecule is O=C(O)/C=C/c1ccsc1COc1ccc(CCO)cc1. The lowest BCUT2D eigenvalue weighted by molar-refractivity contribution is -0.131. The van der Waals surface area contributed by atoms with Gasteiger partial charge in [0.15, 0.2) is 0 Å². The Bertz CT molecular complexity index is 613. The van der Waals surface area contributed by atoms with Crippen LogP contribution in [0.2, 0.25) is 0 Å². The molecule has 21 heavy (non-hydrogen) atoms. The third-order valence-electron chi connectivity index (χ3n) is 2.88. The van der Waals surface area contributed by atoms with Crippen LogP contribution in [0.4, 0.5) is 0 Å². The Balaban J connectivity index is 1.97. The first-order chi connectivity index (χ1) is 10.2. The summed E-state index contributed by atoms with van der Waals surface area (Å²) in [5, 5.41) is 19.4. The lowest BCUT2D eigenvalue weighted by Crippen LogP contribution is -1.96. The van der Waals surface area contributed by atoms with Gasteiger partial charge in [0, 0.05) is 17.6 Å². The van der Waals surface area contributed by atoms with Crippen molar-refractivity contribution in [2.45, 2.75) is 13.0 Å². The monoisotopic (exact) mass is 304 g/mol. The van der Waals surface area contributed by atoms with E-state index in [1.165, 1.54) is 11.3 Å². The number of benzene rings is 1. The molecule has 4 nitrogen and oxygen atoms in total. The highest BCUT2D eigenvalue weighted by atomic mass is 32.1. The number of rotatable bonds is 7. The highest BCUT2D eigenvalue weighted by Crippen LogP contribution is 2.21. The number of hydrogen-bond acceptors (Lipinski definition) is 4. The molecule has 0 saturated heterocycles. The highest BCUT2D eigenvalue weighted by molar-refractivity contribution is 7.10. The fourth-order valence-corrected chi connectivity index (χ4v) is 2.59. The van der Waals surface area contributed by atoms with Crippen molar-refractivity contribution < 1.29 is 19.7 Å². The first kappa shape index (κ1) is 15.3. The molecular weight excluding hydrogens is 288 g/mol. The minimum atomic E-state index is -0.965. The third kappa shape index (κ3) is 4.73. The molecule has 2 N–H and O–H groups in total. The molecule has 0 amide bonds. The molecule has 5 heteroatoms. The largest absolute Gasteiger partial charge is 0.488 e. The second kappa shape index (κ2) is 7.61. The zero-order chi connectivity index (χ0) is 15.1. The van der Waals surface area contributed by atoms with Crippen molar-refractivity contribution in [3.05, 3.63) is 57.8 Å². The predicted molar refractivity (Wildman–Crippen MR) is 82.6 cm³/mol. The van der Waals surface area contributed by atoms with Crippen molar-refractivity contribution in [2.24, 2.45) is 0 Å². The molecule has 2 rings (SSSR count). The molecule has 0 spiro atoms. The summed E-state index contributed by atoms with van der Waals surface area (Å²) in [6.07, 6.45) is 3.33. The van der Waals surface area contributed by atoms with E-state index >= 15 is 0 Å². The highest BCUT2D eigenvalue weighted by Gasteiger charge is 2.03. The second-order valence-corrected chi connectivity index (χ2v) is 5.38. The lowest BCUT2D eigenvalue weighted by Gasteiger charge is -2.06. The molecule has 0 aliphatic carbocycles. The molecule has 1 heterocycles. The van der Waals surface area contributed by atoms with Gasteiger partial charge in [0.25, 0.3) is 0 Å². The molecule has 0 saturated carbocycles. The third-order valence-corrected chi connectivity index (χ3v) is 3.79. The van der Waals surface area contributed by atoms with Crippen molar-refractivity contribution >= 4 is 23.4 Å². The van der Waals surface area contributed by atoms with Crippen LogP contribution in [0.15, 0.2) is 41.8 Å². The number of carbonyl (C=O) groups is 1. The summed E-state index contributed by atoms with van der Waals surface area (Å²) in [7, 11) is 0. The Morgan fingerprint density at radius 1 is 1.24 bits per heavy atom. The van der Waals surface area contributed by atoms with Gasteiger partial charge < -0.3 is 14.9 Å². The molecule has 0 radical (unpaired) electrons. The number of carboxylic acids is 1. The first-order valence-corrected chi connectivity index (χ1v) is 7.37. The van der Waals surface area contributed by atoms with Gasteiger partial charge in [0.1, 0.15) is 12.4 Å². The zero-order valence-electron chi connectivity index (χ0n) is 11.4. The number of carboxylic acid groups (broad SMARTS) is 1. The van der Waals surface area contributed by atoms with Crippen molar-refractivity contribution in [3.8, 4) is 5.75 Å². The Morgan fingerprint density at radius 2 is 2.00 bits per heavy atom. The molecule has 0 aliphatic heterocycles. The first-order valence-electron chi connectivity index (χ1n) is 6.49. The summed E-state index contributed by atoms with van der Waals surface area (Å²) >= 11 is 1.53. The van der Waals surface area contributed by atoms with Crippen molar-refractivity contribution in [3.63, 3.8) is 0 Å². The maximum absolute atomic E-state index is 10.5. The molecule has 0 aliphatic rings. The van der Waals surface area contributed by atoms with Crippen LogP contribution < -0.4 is 4.74 Å². The Hall–Kier alpha value is -2.11. The summed E-state index contributed by atoms with van der Waals surface area (Å²) in [5.74, 6) is -0.217. The van der Waals surface area contributed by atoms with Crippen LogP contribution in [0.1, 0.15) is 16.0 Å². The quantitative estimate of drug-likeness (QED) is 0.772. The van der Waals surface area contributed by atoms with Gasteiger partial charge in [-0.15, -0.1) is 11.3 Å². The van der Waals surface area contributed by atoms with Crippen molar-refractivity contribution in [2.75, 3.05) is 6.61 Å². The van der Waals surface area contributed by atoms with E-state index in [1.54, 1.807) is 6.08 Å². The molecular formula is C16H16O4S. The summed E-state index contributed by atoms with van der Waals surface area (Å²) < 4.78 is 5.70. The van der Waals surface area contributed by atoms with Gasteiger partial charge in [-0.2, -0.15) is 0 Å². The van der Waals surface area contributed by atoms with E-state index in [0.29, 0.717) is 13.0 Å². The molecule has 110 valence electrons. The van der Waals surface area contributed by atoms with Gasteiger partial charge in [0.2, 0.25) is 0 Å². The van der Waals surface area contributed by atoms with Gasteiger partial charge in [0.05, 0.1) is 0 Å². The maximum atomic E-state index is 10.5. The topological polar surface area (TPSA) is 66.8 Å². The van der Waals surface area contributed by atoms with Crippen LogP contribution in [0, 0.1) is 0 Å². The molecule has 0 unspecified atom stereocenters. The predicted octanol–water partition coefficient (Wildman–Crippen LogP) is 2.96. The number of hydrogen-bond donors (Lipinski definition) is 2. The van der Waals surface area contributed by atoms with Gasteiger partial charge >= 0.3 is 5.97 Å². The van der Waals surface area contributed by atoms with Gasteiger partial charge in [-0.3, -0.25) is 0 Å². The van der Waals surface area contributed by atoms with E-state index in [9.17, 15) is 4.79 Å². The Kier molecular flexibility index (Phi) is 5.54. The van der Waals surface area contributed by atoms with E-state index in [0.717, 1.165) is 27.8 Å². The fourth-order valence-electron chi connectivity index (χ4n) is 1.81. The smallest absolute Gasteiger partial charge is 0.328 e. The normalized spacial score (nSPS) is 10.9.